The molecule has 0 saturated carbocycles. The summed E-state index contributed by atoms with van der Waals surface area (Å²) in [7, 11) is -0.630. The highest BCUT2D eigenvalue weighted by molar-refractivity contribution is 7.89. The van der Waals surface area contributed by atoms with Gasteiger partial charge in [0.05, 0.1) is 40.1 Å². The lowest BCUT2D eigenvalue weighted by Crippen LogP contribution is -2.46. The summed E-state index contributed by atoms with van der Waals surface area (Å²) in [6.07, 6.45) is 3.14. The molecule has 1 saturated heterocycles. The lowest BCUT2D eigenvalue weighted by Gasteiger charge is -2.41. The average Bonchev–Trinajstić information content (AvgIpc) is 3.35. The van der Waals surface area contributed by atoms with Gasteiger partial charge in [0.2, 0.25) is 10.0 Å². The van der Waals surface area contributed by atoms with E-state index in [0.29, 0.717) is 40.8 Å². The molecule has 5 rings (SSSR count). The lowest BCUT2D eigenvalue weighted by atomic mass is 9.84. The number of hydrogen-bond donors (Lipinski definition) is 2. The van der Waals surface area contributed by atoms with Crippen molar-refractivity contribution < 1.29 is 8.42 Å². The SMILES string of the molecule is CN(C)S(=O)(=O)c1ccc(Nc2nn(C3(CC#N)CCN(Cc4ccc(C#N)cc4)CC3)c3cc[nH]c(=O)c23)cc1. The van der Waals surface area contributed by atoms with Crippen LogP contribution < -0.4 is 10.9 Å². The Morgan fingerprint density at radius 3 is 2.34 bits per heavy atom. The minimum atomic E-state index is -3.58. The third kappa shape index (κ3) is 5.45. The van der Waals surface area contributed by atoms with Gasteiger partial charge >= 0.3 is 0 Å². The number of sulfonamides is 1. The van der Waals surface area contributed by atoms with Gasteiger partial charge in [0.1, 0.15) is 5.39 Å². The number of fused-ring (bicyclic) bond motifs is 1. The van der Waals surface area contributed by atoms with Crippen molar-refractivity contribution >= 4 is 32.4 Å². The second-order valence-electron chi connectivity index (χ2n) is 10.4. The van der Waals surface area contributed by atoms with E-state index in [-0.39, 0.29) is 16.9 Å². The van der Waals surface area contributed by atoms with E-state index in [9.17, 15) is 18.5 Å². The first-order chi connectivity index (χ1) is 19.7. The first kappa shape index (κ1) is 28.1. The largest absolute Gasteiger partial charge is 0.338 e. The summed E-state index contributed by atoms with van der Waals surface area (Å²) in [6, 6.07) is 20.1. The van der Waals surface area contributed by atoms with E-state index >= 15 is 0 Å². The summed E-state index contributed by atoms with van der Waals surface area (Å²) in [4.78, 5) is 18.2. The Bertz CT molecular complexity index is 1800. The molecule has 4 aromatic rings. The number of nitriles is 2. The Kier molecular flexibility index (Phi) is 7.65. The fourth-order valence-electron chi connectivity index (χ4n) is 5.27. The molecular formula is C29H30N8O3S. The number of rotatable bonds is 8. The van der Waals surface area contributed by atoms with Crippen LogP contribution in [0.15, 0.2) is 70.5 Å². The molecule has 11 nitrogen and oxygen atoms in total. The molecule has 0 atom stereocenters. The Morgan fingerprint density at radius 1 is 1.05 bits per heavy atom. The predicted octanol–water partition coefficient (Wildman–Crippen LogP) is 3.50. The molecule has 0 radical (unpaired) electrons. The molecule has 1 aliphatic rings. The van der Waals surface area contributed by atoms with Gasteiger partial charge in [-0.1, -0.05) is 12.1 Å². The van der Waals surface area contributed by atoms with Crippen LogP contribution in [0.2, 0.25) is 0 Å². The summed E-state index contributed by atoms with van der Waals surface area (Å²) in [5.41, 5.74) is 2.02. The standard InChI is InChI=1S/C29H30N8O3S/c1-35(2)41(39,40)24-9-7-23(8-10-24)33-27-26-25(11-16-32-28(26)38)37(34-27)29(12-15-30)13-17-36(18-14-29)20-22-5-3-21(19-31)4-6-22/h3-11,16H,12-14,17-18,20H2,1-2H3,(H,32,38)(H,33,34). The van der Waals surface area contributed by atoms with E-state index in [1.165, 1.54) is 26.2 Å². The smallest absolute Gasteiger partial charge is 0.261 e. The van der Waals surface area contributed by atoms with E-state index in [1.54, 1.807) is 24.4 Å². The lowest BCUT2D eigenvalue weighted by molar-refractivity contribution is 0.101. The summed E-state index contributed by atoms with van der Waals surface area (Å²) in [6.45, 7) is 2.20. The molecule has 0 unspecified atom stereocenters. The predicted molar refractivity (Wildman–Crippen MR) is 155 cm³/mol. The zero-order chi connectivity index (χ0) is 29.2. The van der Waals surface area contributed by atoms with Gasteiger partial charge in [-0.3, -0.25) is 14.4 Å². The van der Waals surface area contributed by atoms with Gasteiger partial charge in [0, 0.05) is 45.6 Å². The fourth-order valence-corrected chi connectivity index (χ4v) is 6.17. The maximum Gasteiger partial charge on any atom is 0.261 e. The molecule has 2 aromatic carbocycles. The van der Waals surface area contributed by atoms with E-state index in [0.717, 1.165) is 29.5 Å². The number of aromatic amines is 1. The molecule has 0 spiro atoms. The van der Waals surface area contributed by atoms with Crippen LogP contribution in [0.3, 0.4) is 0 Å². The number of aromatic nitrogens is 3. The second kappa shape index (κ2) is 11.2. The van der Waals surface area contributed by atoms with Crippen LogP contribution in [-0.2, 0) is 22.1 Å². The zero-order valence-electron chi connectivity index (χ0n) is 22.8. The summed E-state index contributed by atoms with van der Waals surface area (Å²) >= 11 is 0. The van der Waals surface area contributed by atoms with Crippen molar-refractivity contribution in [3.8, 4) is 12.1 Å². The molecule has 0 aliphatic carbocycles. The third-order valence-electron chi connectivity index (χ3n) is 7.63. The quantitative estimate of drug-likeness (QED) is 0.327. The van der Waals surface area contributed by atoms with Gasteiger partial charge in [0.25, 0.3) is 5.56 Å². The number of benzene rings is 2. The van der Waals surface area contributed by atoms with Gasteiger partial charge in [0.15, 0.2) is 5.82 Å². The zero-order valence-corrected chi connectivity index (χ0v) is 23.6. The van der Waals surface area contributed by atoms with Gasteiger partial charge in [-0.2, -0.15) is 15.6 Å². The minimum Gasteiger partial charge on any atom is -0.338 e. The number of nitrogens with one attached hydrogen (secondary N) is 2. The first-order valence-corrected chi connectivity index (χ1v) is 14.6. The van der Waals surface area contributed by atoms with Crippen LogP contribution >= 0.6 is 0 Å². The van der Waals surface area contributed by atoms with Crippen molar-refractivity contribution in [3.63, 3.8) is 0 Å². The van der Waals surface area contributed by atoms with Crippen LogP contribution in [0.25, 0.3) is 10.9 Å². The molecule has 1 aliphatic heterocycles. The first-order valence-electron chi connectivity index (χ1n) is 13.2. The fraction of sp³-hybridized carbons (Fsp3) is 0.310. The molecule has 2 aromatic heterocycles. The van der Waals surface area contributed by atoms with E-state index in [1.807, 2.05) is 28.9 Å². The minimum absolute atomic E-state index is 0.155. The highest BCUT2D eigenvalue weighted by Crippen LogP contribution is 2.37. The Balaban J connectivity index is 1.44. The van der Waals surface area contributed by atoms with Gasteiger partial charge in [-0.05, 0) is 60.9 Å². The number of hydrogen-bond acceptors (Lipinski definition) is 8. The highest BCUT2D eigenvalue weighted by atomic mass is 32.2. The van der Waals surface area contributed by atoms with Crippen molar-refractivity contribution in [3.05, 3.63) is 82.3 Å². The molecule has 2 N–H and O–H groups in total. The highest BCUT2D eigenvalue weighted by Gasteiger charge is 2.39. The molecule has 0 bridgehead atoms. The van der Waals surface area contributed by atoms with Gasteiger partial charge < -0.3 is 10.3 Å². The molecule has 0 amide bonds. The summed E-state index contributed by atoms with van der Waals surface area (Å²) in [5, 5.41) is 27.3. The van der Waals surface area contributed by atoms with Crippen molar-refractivity contribution in [2.75, 3.05) is 32.5 Å². The van der Waals surface area contributed by atoms with Crippen molar-refractivity contribution in [2.45, 2.75) is 36.2 Å². The number of anilines is 2. The van der Waals surface area contributed by atoms with E-state index < -0.39 is 15.6 Å². The molecular weight excluding hydrogens is 540 g/mol. The van der Waals surface area contributed by atoms with E-state index in [4.69, 9.17) is 10.4 Å². The van der Waals surface area contributed by atoms with Gasteiger partial charge in [-0.15, -0.1) is 0 Å². The Labute approximate surface area is 238 Å². The summed E-state index contributed by atoms with van der Waals surface area (Å²) < 4.78 is 27.9. The Morgan fingerprint density at radius 2 is 1.73 bits per heavy atom. The topological polar surface area (TPSA) is 151 Å². The molecule has 41 heavy (non-hydrogen) atoms. The number of nitrogens with zero attached hydrogens (tertiary/aromatic N) is 6. The molecule has 3 heterocycles. The average molecular weight is 571 g/mol. The number of pyridine rings is 1. The molecule has 1 fully saturated rings. The van der Waals surface area contributed by atoms with Crippen LogP contribution in [0.1, 0.15) is 30.4 Å². The maximum absolute atomic E-state index is 13.0. The molecule has 210 valence electrons. The van der Waals surface area contributed by atoms with Crippen molar-refractivity contribution in [2.24, 2.45) is 0 Å². The Hall–Kier alpha value is -4.49. The van der Waals surface area contributed by atoms with E-state index in [2.05, 4.69) is 27.3 Å². The van der Waals surface area contributed by atoms with Crippen LogP contribution in [-0.4, -0.2) is 59.6 Å². The maximum atomic E-state index is 13.0. The normalized spacial score (nSPS) is 15.4. The number of piperidine rings is 1. The monoisotopic (exact) mass is 570 g/mol. The number of H-pyrrole nitrogens is 1. The van der Waals surface area contributed by atoms with Crippen LogP contribution in [0.5, 0.6) is 0 Å². The van der Waals surface area contributed by atoms with Gasteiger partial charge in [-0.25, -0.2) is 12.7 Å². The van der Waals surface area contributed by atoms with Crippen molar-refractivity contribution in [1.82, 2.24) is 24.0 Å². The van der Waals surface area contributed by atoms with Crippen LogP contribution in [0, 0.1) is 22.7 Å². The van der Waals surface area contributed by atoms with Crippen LogP contribution in [0.4, 0.5) is 11.5 Å². The number of likely N-dealkylation sites (tertiary alicyclic amines) is 1. The second-order valence-corrected chi connectivity index (χ2v) is 12.6. The summed E-state index contributed by atoms with van der Waals surface area (Å²) in [5.74, 6) is 0.336. The third-order valence-corrected chi connectivity index (χ3v) is 9.46. The van der Waals surface area contributed by atoms with Crippen molar-refractivity contribution in [1.29, 1.82) is 10.5 Å². The molecule has 12 heteroatoms.